The number of hydrogen-bond donors (Lipinski definition) is 1. The molecule has 3 aromatic rings. The van der Waals surface area contributed by atoms with Crippen molar-refractivity contribution < 1.29 is 18.7 Å². The highest BCUT2D eigenvalue weighted by atomic mass is 19.1. The fourth-order valence-electron chi connectivity index (χ4n) is 2.82. The van der Waals surface area contributed by atoms with Crippen molar-refractivity contribution in [1.29, 1.82) is 5.26 Å². The molecule has 5 nitrogen and oxygen atoms in total. The summed E-state index contributed by atoms with van der Waals surface area (Å²) >= 11 is 0. The molecule has 150 valence electrons. The Kier molecular flexibility index (Phi) is 6.80. The van der Waals surface area contributed by atoms with Gasteiger partial charge in [-0.05, 0) is 30.3 Å². The summed E-state index contributed by atoms with van der Waals surface area (Å²) in [7, 11) is 1.47. The number of nitriles is 1. The Balaban J connectivity index is 1.87. The van der Waals surface area contributed by atoms with Gasteiger partial charge in [-0.25, -0.2) is 4.39 Å². The van der Waals surface area contributed by atoms with Crippen molar-refractivity contribution >= 4 is 23.2 Å². The highest BCUT2D eigenvalue weighted by Gasteiger charge is 2.14. The van der Waals surface area contributed by atoms with E-state index in [4.69, 9.17) is 9.47 Å². The number of benzene rings is 3. The van der Waals surface area contributed by atoms with Crippen LogP contribution in [0.4, 0.5) is 10.1 Å². The summed E-state index contributed by atoms with van der Waals surface area (Å²) in [6.45, 7) is -0.266. The van der Waals surface area contributed by atoms with Gasteiger partial charge in [-0.1, -0.05) is 48.5 Å². The number of hydrogen-bond acceptors (Lipinski definition) is 4. The monoisotopic (exact) mass is 402 g/mol. The molecule has 3 rings (SSSR count). The summed E-state index contributed by atoms with van der Waals surface area (Å²) in [5.41, 5.74) is 1.44. The number of nitrogens with zero attached hydrogens (tertiary/aromatic N) is 1. The van der Waals surface area contributed by atoms with E-state index in [0.29, 0.717) is 17.0 Å². The molecule has 1 N–H and O–H groups in total. The molecule has 6 heteroatoms. The van der Waals surface area contributed by atoms with Gasteiger partial charge in [0.05, 0.1) is 18.8 Å². The van der Waals surface area contributed by atoms with E-state index in [1.54, 1.807) is 42.5 Å². The van der Waals surface area contributed by atoms with Crippen LogP contribution < -0.4 is 14.8 Å². The van der Waals surface area contributed by atoms with Gasteiger partial charge in [0, 0.05) is 16.8 Å². The molecule has 0 aliphatic heterocycles. The zero-order chi connectivity index (χ0) is 21.3. The van der Waals surface area contributed by atoms with Crippen molar-refractivity contribution in [3.8, 4) is 17.6 Å². The van der Waals surface area contributed by atoms with Crippen LogP contribution in [0, 0.1) is 17.1 Å². The molecular formula is C24H19FN2O3. The Morgan fingerprint density at radius 3 is 2.50 bits per heavy atom. The molecule has 0 heterocycles. The summed E-state index contributed by atoms with van der Waals surface area (Å²) < 4.78 is 25.2. The van der Waals surface area contributed by atoms with E-state index in [-0.39, 0.29) is 29.4 Å². The molecule has 0 saturated heterocycles. The Labute approximate surface area is 174 Å². The van der Waals surface area contributed by atoms with Crippen molar-refractivity contribution in [2.45, 2.75) is 0 Å². The van der Waals surface area contributed by atoms with Crippen molar-refractivity contribution in [3.05, 3.63) is 89.7 Å². The molecule has 30 heavy (non-hydrogen) atoms. The van der Waals surface area contributed by atoms with Gasteiger partial charge in [0.1, 0.15) is 5.82 Å². The zero-order valence-corrected chi connectivity index (χ0v) is 16.3. The third-order valence-corrected chi connectivity index (χ3v) is 4.22. The van der Waals surface area contributed by atoms with Gasteiger partial charge in [0.25, 0.3) is 5.91 Å². The minimum absolute atomic E-state index is 0.125. The minimum Gasteiger partial charge on any atom is -0.493 e. The number of anilines is 1. The van der Waals surface area contributed by atoms with E-state index in [0.717, 1.165) is 0 Å². The molecular weight excluding hydrogens is 383 g/mol. The number of para-hydroxylation sites is 2. The minimum atomic E-state index is -0.502. The average Bonchev–Trinajstić information content (AvgIpc) is 2.77. The normalized spacial score (nSPS) is 10.8. The molecule has 0 radical (unpaired) electrons. The van der Waals surface area contributed by atoms with Crippen molar-refractivity contribution in [2.75, 3.05) is 19.0 Å². The standard InChI is InChI=1S/C24H19FN2O3/c1-29-22-13-7-8-17(14-18(15-26)20-11-5-6-12-21(20)25)24(22)30-16-23(28)27-19-9-3-2-4-10-19/h2-14H,16H2,1H3,(H,27,28)/b18-14-. The Bertz CT molecular complexity index is 1100. The van der Waals surface area contributed by atoms with E-state index >= 15 is 0 Å². The fraction of sp³-hybridized carbons (Fsp3) is 0.0833. The summed E-state index contributed by atoms with van der Waals surface area (Å²) in [4.78, 5) is 12.2. The first-order valence-corrected chi connectivity index (χ1v) is 9.13. The number of methoxy groups -OCH3 is 1. The number of ether oxygens (including phenoxy) is 2. The highest BCUT2D eigenvalue weighted by Crippen LogP contribution is 2.34. The Morgan fingerprint density at radius 2 is 1.80 bits per heavy atom. The van der Waals surface area contributed by atoms with E-state index < -0.39 is 5.82 Å². The smallest absolute Gasteiger partial charge is 0.262 e. The molecule has 0 atom stereocenters. The molecule has 1 amide bonds. The molecule has 0 spiro atoms. The molecule has 0 aromatic heterocycles. The molecule has 0 aliphatic carbocycles. The Hall–Kier alpha value is -4.11. The van der Waals surface area contributed by atoms with Crippen LogP contribution in [0.25, 0.3) is 11.6 Å². The largest absolute Gasteiger partial charge is 0.493 e. The van der Waals surface area contributed by atoms with Crippen LogP contribution in [-0.2, 0) is 4.79 Å². The predicted molar refractivity (Wildman–Crippen MR) is 113 cm³/mol. The number of halogens is 1. The maximum atomic E-state index is 14.1. The van der Waals surface area contributed by atoms with Gasteiger partial charge in [-0.3, -0.25) is 4.79 Å². The molecule has 0 aliphatic rings. The highest BCUT2D eigenvalue weighted by molar-refractivity contribution is 5.93. The first kappa shape index (κ1) is 20.6. The average molecular weight is 402 g/mol. The lowest BCUT2D eigenvalue weighted by Crippen LogP contribution is -2.20. The summed E-state index contributed by atoms with van der Waals surface area (Å²) in [6, 6.07) is 22.1. The van der Waals surface area contributed by atoms with Crippen LogP contribution in [0.1, 0.15) is 11.1 Å². The number of carbonyl (C=O) groups excluding carboxylic acids is 1. The SMILES string of the molecule is COc1cccc(/C=C(/C#N)c2ccccc2F)c1OCC(=O)Nc1ccccc1. The number of carbonyl (C=O) groups is 1. The number of allylic oxidation sites excluding steroid dienone is 1. The van der Waals surface area contributed by atoms with Gasteiger partial charge in [0.15, 0.2) is 18.1 Å². The Morgan fingerprint density at radius 1 is 1.07 bits per heavy atom. The molecule has 3 aromatic carbocycles. The van der Waals surface area contributed by atoms with Crippen LogP contribution in [0.2, 0.25) is 0 Å². The van der Waals surface area contributed by atoms with Crippen LogP contribution in [0.15, 0.2) is 72.8 Å². The topological polar surface area (TPSA) is 71.3 Å². The summed E-state index contributed by atoms with van der Waals surface area (Å²) in [5, 5.41) is 12.3. The molecule has 0 unspecified atom stereocenters. The molecule has 0 bridgehead atoms. The van der Waals surface area contributed by atoms with Crippen LogP contribution in [0.5, 0.6) is 11.5 Å². The van der Waals surface area contributed by atoms with E-state index in [9.17, 15) is 14.4 Å². The van der Waals surface area contributed by atoms with E-state index in [2.05, 4.69) is 5.32 Å². The van der Waals surface area contributed by atoms with Gasteiger partial charge in [0.2, 0.25) is 0 Å². The van der Waals surface area contributed by atoms with Crippen molar-refractivity contribution in [3.63, 3.8) is 0 Å². The quantitative estimate of drug-likeness (QED) is 0.450. The van der Waals surface area contributed by atoms with E-state index in [1.807, 2.05) is 24.3 Å². The van der Waals surface area contributed by atoms with Crippen molar-refractivity contribution in [1.82, 2.24) is 0 Å². The second-order valence-electron chi connectivity index (χ2n) is 6.23. The second-order valence-corrected chi connectivity index (χ2v) is 6.23. The van der Waals surface area contributed by atoms with Gasteiger partial charge in [-0.2, -0.15) is 5.26 Å². The number of amides is 1. The number of rotatable bonds is 7. The summed E-state index contributed by atoms with van der Waals surface area (Å²) in [6.07, 6.45) is 1.51. The molecule has 0 saturated carbocycles. The lowest BCUT2D eigenvalue weighted by atomic mass is 10.0. The molecule has 0 fully saturated rings. The van der Waals surface area contributed by atoms with Crippen molar-refractivity contribution in [2.24, 2.45) is 0 Å². The van der Waals surface area contributed by atoms with Gasteiger partial charge in [-0.15, -0.1) is 0 Å². The third-order valence-electron chi connectivity index (χ3n) is 4.22. The van der Waals surface area contributed by atoms with Crippen LogP contribution in [0.3, 0.4) is 0 Å². The summed E-state index contributed by atoms with van der Waals surface area (Å²) in [5.74, 6) is -0.177. The van der Waals surface area contributed by atoms with E-state index in [1.165, 1.54) is 25.3 Å². The maximum absolute atomic E-state index is 14.1. The lowest BCUT2D eigenvalue weighted by Gasteiger charge is -2.14. The zero-order valence-electron chi connectivity index (χ0n) is 16.3. The van der Waals surface area contributed by atoms with Gasteiger partial charge >= 0.3 is 0 Å². The first-order chi connectivity index (χ1) is 14.6. The third kappa shape index (κ3) is 5.03. The van der Waals surface area contributed by atoms with Crippen LogP contribution in [-0.4, -0.2) is 19.6 Å². The fourth-order valence-corrected chi connectivity index (χ4v) is 2.82. The first-order valence-electron chi connectivity index (χ1n) is 9.13. The van der Waals surface area contributed by atoms with Crippen LogP contribution >= 0.6 is 0 Å². The second kappa shape index (κ2) is 9.89. The maximum Gasteiger partial charge on any atom is 0.262 e. The predicted octanol–water partition coefficient (Wildman–Crippen LogP) is 4.92. The van der Waals surface area contributed by atoms with Gasteiger partial charge < -0.3 is 14.8 Å². The lowest BCUT2D eigenvalue weighted by molar-refractivity contribution is -0.118. The number of nitrogens with one attached hydrogen (secondary N) is 1.